The van der Waals surface area contributed by atoms with Crippen LogP contribution in [0.25, 0.3) is 5.57 Å². The van der Waals surface area contributed by atoms with Gasteiger partial charge in [0.25, 0.3) is 5.91 Å². The number of carbonyl (C=O) groups excluding carboxylic acids is 2. The molecule has 32 heavy (non-hydrogen) atoms. The number of nitrogens with zero attached hydrogens (tertiary/aromatic N) is 1. The molecule has 1 saturated heterocycles. The molecule has 0 aliphatic carbocycles. The minimum Gasteiger partial charge on any atom is -0.369 e. The quantitative estimate of drug-likeness (QED) is 0.489. The Labute approximate surface area is 181 Å². The van der Waals surface area contributed by atoms with E-state index in [-0.39, 0.29) is 35.4 Å². The molecular weight excluding hydrogens is 428 g/mol. The monoisotopic (exact) mass is 448 g/mol. The Morgan fingerprint density at radius 3 is 2.72 bits per heavy atom. The Hall–Kier alpha value is -3.56. The van der Waals surface area contributed by atoms with Gasteiger partial charge in [-0.25, -0.2) is 4.39 Å². The summed E-state index contributed by atoms with van der Waals surface area (Å²) in [6.07, 6.45) is -2.74. The molecule has 2 heterocycles. The fourth-order valence-corrected chi connectivity index (χ4v) is 3.98. The molecule has 1 atom stereocenters. The van der Waals surface area contributed by atoms with Gasteiger partial charge in [0, 0.05) is 49.2 Å². The summed E-state index contributed by atoms with van der Waals surface area (Å²) >= 11 is 0. The number of nitrogens with one attached hydrogen (secondary N) is 3. The lowest BCUT2D eigenvalue weighted by molar-refractivity contribution is -0.137. The Morgan fingerprint density at radius 1 is 1.22 bits per heavy atom. The standard InChI is InChI=1S/C22H20F4N4O2/c1-12(31)28-15-6-7-30(11-15)20-5-3-14(9-18(20)22(24,25)26)27-10-17-16-4-2-13(23)8-19(16)29-21(17)32/h2-5,8-10,15,27H,6-7,11H2,1H3,(H,28,31)(H,29,32)/b17-10-. The molecule has 2 aliphatic heterocycles. The molecule has 0 aromatic heterocycles. The van der Waals surface area contributed by atoms with Gasteiger partial charge in [-0.05, 0) is 42.8 Å². The fraction of sp³-hybridized carbons (Fsp3) is 0.273. The van der Waals surface area contributed by atoms with E-state index in [1.165, 1.54) is 43.5 Å². The second-order valence-electron chi connectivity index (χ2n) is 7.71. The lowest BCUT2D eigenvalue weighted by atomic mass is 10.1. The number of hydrogen-bond donors (Lipinski definition) is 3. The van der Waals surface area contributed by atoms with Crippen molar-refractivity contribution in [1.82, 2.24) is 5.32 Å². The molecule has 2 aromatic carbocycles. The van der Waals surface area contributed by atoms with Crippen molar-refractivity contribution < 1.29 is 27.2 Å². The van der Waals surface area contributed by atoms with E-state index >= 15 is 0 Å². The van der Waals surface area contributed by atoms with E-state index in [0.29, 0.717) is 24.2 Å². The van der Waals surface area contributed by atoms with Gasteiger partial charge in [-0.1, -0.05) is 0 Å². The van der Waals surface area contributed by atoms with Crippen LogP contribution in [0.5, 0.6) is 0 Å². The van der Waals surface area contributed by atoms with Crippen LogP contribution in [0.3, 0.4) is 0 Å². The molecule has 0 radical (unpaired) electrons. The third-order valence-electron chi connectivity index (χ3n) is 5.39. The van der Waals surface area contributed by atoms with E-state index in [2.05, 4.69) is 16.0 Å². The highest BCUT2D eigenvalue weighted by molar-refractivity contribution is 6.31. The van der Waals surface area contributed by atoms with Gasteiger partial charge < -0.3 is 20.9 Å². The van der Waals surface area contributed by atoms with E-state index in [1.807, 2.05) is 0 Å². The predicted molar refractivity (Wildman–Crippen MR) is 113 cm³/mol. The predicted octanol–water partition coefficient (Wildman–Crippen LogP) is 3.96. The van der Waals surface area contributed by atoms with Crippen LogP contribution in [0.1, 0.15) is 24.5 Å². The first-order chi connectivity index (χ1) is 15.1. The van der Waals surface area contributed by atoms with E-state index in [4.69, 9.17) is 0 Å². The molecule has 3 N–H and O–H groups in total. The number of hydrogen-bond acceptors (Lipinski definition) is 4. The average Bonchev–Trinajstić information content (AvgIpc) is 3.28. The molecule has 2 aliphatic rings. The average molecular weight is 448 g/mol. The summed E-state index contributed by atoms with van der Waals surface area (Å²) in [5.74, 6) is -1.21. The SMILES string of the molecule is CC(=O)NC1CCN(c2ccc(N/C=C3\C(=O)Nc4cc(F)ccc43)cc2C(F)(F)F)C1. The number of halogens is 4. The lowest BCUT2D eigenvalue weighted by Gasteiger charge is -2.24. The van der Waals surface area contributed by atoms with Crippen LogP contribution in [-0.4, -0.2) is 30.9 Å². The third-order valence-corrected chi connectivity index (χ3v) is 5.39. The zero-order valence-electron chi connectivity index (χ0n) is 17.0. The van der Waals surface area contributed by atoms with E-state index in [1.54, 1.807) is 4.90 Å². The molecule has 10 heteroatoms. The smallest absolute Gasteiger partial charge is 0.369 e. The van der Waals surface area contributed by atoms with Gasteiger partial charge in [0.05, 0.1) is 16.8 Å². The van der Waals surface area contributed by atoms with Crippen molar-refractivity contribution in [2.45, 2.75) is 25.6 Å². The summed E-state index contributed by atoms with van der Waals surface area (Å²) in [6.45, 7) is 2.05. The van der Waals surface area contributed by atoms with Crippen LogP contribution in [0.4, 0.5) is 34.6 Å². The maximum Gasteiger partial charge on any atom is 0.418 e. The normalized spacial score (nSPS) is 19.2. The van der Waals surface area contributed by atoms with Crippen molar-refractivity contribution in [3.05, 3.63) is 59.5 Å². The molecule has 0 saturated carbocycles. The topological polar surface area (TPSA) is 73.5 Å². The third kappa shape index (κ3) is 4.39. The summed E-state index contributed by atoms with van der Waals surface area (Å²) in [4.78, 5) is 25.0. The molecule has 168 valence electrons. The Balaban J connectivity index is 1.59. The highest BCUT2D eigenvalue weighted by atomic mass is 19.4. The second kappa shape index (κ2) is 8.18. The molecular formula is C22H20F4N4O2. The van der Waals surface area contributed by atoms with Crippen molar-refractivity contribution in [3.8, 4) is 0 Å². The molecule has 0 bridgehead atoms. The van der Waals surface area contributed by atoms with Gasteiger partial charge >= 0.3 is 6.18 Å². The van der Waals surface area contributed by atoms with Crippen molar-refractivity contribution in [2.24, 2.45) is 0 Å². The fourth-order valence-electron chi connectivity index (χ4n) is 3.98. The van der Waals surface area contributed by atoms with Gasteiger partial charge in [-0.3, -0.25) is 9.59 Å². The number of anilines is 3. The molecule has 2 aromatic rings. The molecule has 2 amide bonds. The zero-order chi connectivity index (χ0) is 23.0. The summed E-state index contributed by atoms with van der Waals surface area (Å²) in [5, 5.41) is 8.00. The van der Waals surface area contributed by atoms with Gasteiger partial charge in [-0.15, -0.1) is 0 Å². The number of benzene rings is 2. The Morgan fingerprint density at radius 2 is 2.00 bits per heavy atom. The maximum atomic E-state index is 13.8. The van der Waals surface area contributed by atoms with Crippen molar-refractivity contribution in [3.63, 3.8) is 0 Å². The first-order valence-electron chi connectivity index (χ1n) is 9.93. The minimum absolute atomic E-state index is 0.0305. The van der Waals surface area contributed by atoms with Crippen molar-refractivity contribution in [2.75, 3.05) is 28.6 Å². The Kier molecular flexibility index (Phi) is 5.53. The number of alkyl halides is 3. The largest absolute Gasteiger partial charge is 0.418 e. The zero-order valence-corrected chi connectivity index (χ0v) is 17.0. The molecule has 0 spiro atoms. The number of carbonyl (C=O) groups is 2. The van der Waals surface area contributed by atoms with E-state index in [0.717, 1.165) is 6.07 Å². The van der Waals surface area contributed by atoms with Crippen LogP contribution in [0.15, 0.2) is 42.6 Å². The summed E-state index contributed by atoms with van der Waals surface area (Å²) < 4.78 is 54.7. The van der Waals surface area contributed by atoms with Gasteiger partial charge in [-0.2, -0.15) is 13.2 Å². The number of amides is 2. The first kappa shape index (κ1) is 21.7. The highest BCUT2D eigenvalue weighted by Crippen LogP contribution is 2.40. The van der Waals surface area contributed by atoms with Crippen LogP contribution in [0.2, 0.25) is 0 Å². The van der Waals surface area contributed by atoms with E-state index < -0.39 is 23.5 Å². The highest BCUT2D eigenvalue weighted by Gasteiger charge is 2.37. The van der Waals surface area contributed by atoms with E-state index in [9.17, 15) is 27.2 Å². The van der Waals surface area contributed by atoms with Gasteiger partial charge in [0.1, 0.15) is 5.82 Å². The van der Waals surface area contributed by atoms with Crippen LogP contribution in [-0.2, 0) is 15.8 Å². The van der Waals surface area contributed by atoms with Gasteiger partial charge in [0.2, 0.25) is 5.91 Å². The van der Waals surface area contributed by atoms with Crippen molar-refractivity contribution in [1.29, 1.82) is 0 Å². The molecule has 1 unspecified atom stereocenters. The summed E-state index contributed by atoms with van der Waals surface area (Å²) in [5.41, 5.74) is 0.311. The molecule has 4 rings (SSSR count). The first-order valence-corrected chi connectivity index (χ1v) is 9.93. The molecule has 1 fully saturated rings. The lowest BCUT2D eigenvalue weighted by Crippen LogP contribution is -2.35. The summed E-state index contributed by atoms with van der Waals surface area (Å²) in [6, 6.07) is 7.45. The number of rotatable bonds is 4. The summed E-state index contributed by atoms with van der Waals surface area (Å²) in [7, 11) is 0. The second-order valence-corrected chi connectivity index (χ2v) is 7.71. The van der Waals surface area contributed by atoms with Crippen LogP contribution < -0.4 is 20.9 Å². The van der Waals surface area contributed by atoms with Crippen LogP contribution in [0, 0.1) is 5.82 Å². The van der Waals surface area contributed by atoms with Crippen molar-refractivity contribution >= 4 is 34.4 Å². The van der Waals surface area contributed by atoms with Crippen LogP contribution >= 0.6 is 0 Å². The number of fused-ring (bicyclic) bond motifs is 1. The minimum atomic E-state index is -4.60. The maximum absolute atomic E-state index is 13.8. The van der Waals surface area contributed by atoms with Gasteiger partial charge in [0.15, 0.2) is 0 Å². The molecule has 6 nitrogen and oxygen atoms in total. The Bertz CT molecular complexity index is 1110.